The summed E-state index contributed by atoms with van der Waals surface area (Å²) in [6.07, 6.45) is 2.82. The lowest BCUT2D eigenvalue weighted by molar-refractivity contribution is 0.128. The molecule has 1 heterocycles. The van der Waals surface area contributed by atoms with Crippen LogP contribution >= 0.6 is 24.0 Å². The molecule has 132 valence electrons. The van der Waals surface area contributed by atoms with Crippen LogP contribution in [-0.4, -0.2) is 44.9 Å². The number of nitrogens with one attached hydrogen (secondary N) is 2. The highest BCUT2D eigenvalue weighted by Gasteiger charge is 2.00. The van der Waals surface area contributed by atoms with Gasteiger partial charge >= 0.3 is 0 Å². The SMILES string of the molecule is CN=C(NCCOCCC(C)C)NCc1ccnc(OC)c1.I. The number of hydrogen-bond donors (Lipinski definition) is 2. The lowest BCUT2D eigenvalue weighted by atomic mass is 10.1. The highest BCUT2D eigenvalue weighted by molar-refractivity contribution is 14.0. The van der Waals surface area contributed by atoms with Crippen LogP contribution in [0.25, 0.3) is 0 Å². The number of aromatic nitrogens is 1. The highest BCUT2D eigenvalue weighted by Crippen LogP contribution is 2.07. The van der Waals surface area contributed by atoms with Gasteiger partial charge in [0.15, 0.2) is 5.96 Å². The third kappa shape index (κ3) is 10.3. The van der Waals surface area contributed by atoms with Crippen LogP contribution in [0.15, 0.2) is 23.3 Å². The Morgan fingerprint density at radius 3 is 2.74 bits per heavy atom. The van der Waals surface area contributed by atoms with Crippen LogP contribution in [-0.2, 0) is 11.3 Å². The molecule has 0 aromatic carbocycles. The Bertz CT molecular complexity index is 455. The van der Waals surface area contributed by atoms with Gasteiger partial charge in [0.05, 0.1) is 13.7 Å². The van der Waals surface area contributed by atoms with Crippen LogP contribution < -0.4 is 15.4 Å². The van der Waals surface area contributed by atoms with Crippen molar-refractivity contribution in [3.63, 3.8) is 0 Å². The highest BCUT2D eigenvalue weighted by atomic mass is 127. The fourth-order valence-corrected chi connectivity index (χ4v) is 1.74. The number of methoxy groups -OCH3 is 1. The van der Waals surface area contributed by atoms with Gasteiger partial charge in [-0.3, -0.25) is 4.99 Å². The summed E-state index contributed by atoms with van der Waals surface area (Å²) in [5.74, 6) is 2.05. The fourth-order valence-electron chi connectivity index (χ4n) is 1.74. The van der Waals surface area contributed by atoms with Gasteiger partial charge in [-0.1, -0.05) is 13.8 Å². The van der Waals surface area contributed by atoms with E-state index in [1.165, 1.54) is 0 Å². The molecule has 0 aliphatic carbocycles. The van der Waals surface area contributed by atoms with E-state index in [-0.39, 0.29) is 24.0 Å². The first-order valence-electron chi connectivity index (χ1n) is 7.67. The number of pyridine rings is 1. The number of halogens is 1. The van der Waals surface area contributed by atoms with E-state index in [0.29, 0.717) is 24.9 Å². The second-order valence-electron chi connectivity index (χ2n) is 5.35. The molecule has 0 saturated carbocycles. The van der Waals surface area contributed by atoms with E-state index in [2.05, 4.69) is 34.5 Å². The van der Waals surface area contributed by atoms with Crippen molar-refractivity contribution in [3.8, 4) is 5.88 Å². The topological polar surface area (TPSA) is 67.8 Å². The van der Waals surface area contributed by atoms with Gasteiger partial charge in [-0.25, -0.2) is 4.98 Å². The summed E-state index contributed by atoms with van der Waals surface area (Å²) >= 11 is 0. The first kappa shape index (κ1) is 21.9. The lowest BCUT2D eigenvalue weighted by Gasteiger charge is -2.12. The van der Waals surface area contributed by atoms with Gasteiger partial charge in [0.25, 0.3) is 0 Å². The van der Waals surface area contributed by atoms with Crippen LogP contribution in [0.1, 0.15) is 25.8 Å². The van der Waals surface area contributed by atoms with Crippen molar-refractivity contribution >= 4 is 29.9 Å². The minimum absolute atomic E-state index is 0. The number of ether oxygens (including phenoxy) is 2. The molecule has 0 bridgehead atoms. The Hall–Kier alpha value is -1.09. The molecule has 1 aromatic heterocycles. The van der Waals surface area contributed by atoms with Crippen molar-refractivity contribution in [1.29, 1.82) is 0 Å². The maximum atomic E-state index is 5.56. The second-order valence-corrected chi connectivity index (χ2v) is 5.35. The second kappa shape index (κ2) is 13.4. The molecule has 0 aliphatic rings. The van der Waals surface area contributed by atoms with E-state index in [1.54, 1.807) is 20.4 Å². The predicted molar refractivity (Wildman–Crippen MR) is 105 cm³/mol. The summed E-state index contributed by atoms with van der Waals surface area (Å²) in [5, 5.41) is 6.47. The Morgan fingerprint density at radius 1 is 1.30 bits per heavy atom. The first-order valence-corrected chi connectivity index (χ1v) is 7.67. The van der Waals surface area contributed by atoms with Crippen LogP contribution in [0.5, 0.6) is 5.88 Å². The third-order valence-corrected chi connectivity index (χ3v) is 3.07. The average molecular weight is 436 g/mol. The summed E-state index contributed by atoms with van der Waals surface area (Å²) in [4.78, 5) is 8.27. The van der Waals surface area contributed by atoms with Crippen LogP contribution in [0, 0.1) is 5.92 Å². The Labute approximate surface area is 156 Å². The van der Waals surface area contributed by atoms with Gasteiger partial charge in [0.2, 0.25) is 5.88 Å². The molecule has 0 unspecified atom stereocenters. The zero-order valence-electron chi connectivity index (χ0n) is 14.5. The quantitative estimate of drug-likeness (QED) is 0.270. The molecule has 23 heavy (non-hydrogen) atoms. The van der Waals surface area contributed by atoms with Crippen molar-refractivity contribution in [3.05, 3.63) is 23.9 Å². The molecular formula is C16H29IN4O2. The van der Waals surface area contributed by atoms with Crippen molar-refractivity contribution in [2.24, 2.45) is 10.9 Å². The molecule has 1 aromatic rings. The predicted octanol–water partition coefficient (Wildman–Crippen LogP) is 2.44. The first-order chi connectivity index (χ1) is 10.7. The molecule has 0 fully saturated rings. The summed E-state index contributed by atoms with van der Waals surface area (Å²) in [6.45, 7) is 7.27. The average Bonchev–Trinajstić information content (AvgIpc) is 2.53. The van der Waals surface area contributed by atoms with Gasteiger partial charge in [-0.05, 0) is 24.0 Å². The molecular weight excluding hydrogens is 407 g/mol. The smallest absolute Gasteiger partial charge is 0.213 e. The molecule has 6 nitrogen and oxygen atoms in total. The van der Waals surface area contributed by atoms with E-state index in [0.717, 1.165) is 31.1 Å². The zero-order chi connectivity index (χ0) is 16.2. The molecule has 0 spiro atoms. The monoisotopic (exact) mass is 436 g/mol. The number of aliphatic imine (C=N–C) groups is 1. The molecule has 0 radical (unpaired) electrons. The maximum Gasteiger partial charge on any atom is 0.213 e. The Balaban J connectivity index is 0.00000484. The number of rotatable bonds is 9. The standard InChI is InChI=1S/C16H28N4O2.HI/c1-13(2)6-9-22-10-8-19-16(17-3)20-12-14-5-7-18-15(11-14)21-4;/h5,7,11,13H,6,8-10,12H2,1-4H3,(H2,17,19,20);1H. The van der Waals surface area contributed by atoms with E-state index in [9.17, 15) is 0 Å². The van der Waals surface area contributed by atoms with Crippen LogP contribution in [0.2, 0.25) is 0 Å². The van der Waals surface area contributed by atoms with Crippen molar-refractivity contribution in [1.82, 2.24) is 15.6 Å². The summed E-state index contributed by atoms with van der Waals surface area (Å²) in [5.41, 5.74) is 1.09. The maximum absolute atomic E-state index is 5.56. The van der Waals surface area contributed by atoms with E-state index in [4.69, 9.17) is 9.47 Å². The molecule has 7 heteroatoms. The molecule has 0 atom stereocenters. The van der Waals surface area contributed by atoms with Gasteiger partial charge in [-0.15, -0.1) is 24.0 Å². The lowest BCUT2D eigenvalue weighted by Crippen LogP contribution is -2.38. The number of nitrogens with zero attached hydrogens (tertiary/aromatic N) is 2. The van der Waals surface area contributed by atoms with Gasteiger partial charge in [0, 0.05) is 39.0 Å². The largest absolute Gasteiger partial charge is 0.481 e. The Kier molecular flexibility index (Phi) is 12.7. The summed E-state index contributed by atoms with van der Waals surface area (Å²) in [6, 6.07) is 3.84. The molecule has 0 aliphatic heterocycles. The Morgan fingerprint density at radius 2 is 2.09 bits per heavy atom. The minimum Gasteiger partial charge on any atom is -0.481 e. The number of guanidine groups is 1. The zero-order valence-corrected chi connectivity index (χ0v) is 16.8. The number of hydrogen-bond acceptors (Lipinski definition) is 4. The van der Waals surface area contributed by atoms with E-state index in [1.807, 2.05) is 12.1 Å². The minimum atomic E-state index is 0. The van der Waals surface area contributed by atoms with E-state index >= 15 is 0 Å². The molecule has 0 saturated heterocycles. The van der Waals surface area contributed by atoms with E-state index < -0.39 is 0 Å². The molecule has 0 amide bonds. The fraction of sp³-hybridized carbons (Fsp3) is 0.625. The van der Waals surface area contributed by atoms with Crippen molar-refractivity contribution in [2.75, 3.05) is 33.9 Å². The van der Waals surface area contributed by atoms with Crippen LogP contribution in [0.3, 0.4) is 0 Å². The summed E-state index contributed by atoms with van der Waals surface area (Å²) in [7, 11) is 3.36. The van der Waals surface area contributed by atoms with Crippen LogP contribution in [0.4, 0.5) is 0 Å². The normalized spacial score (nSPS) is 11.1. The van der Waals surface area contributed by atoms with Gasteiger partial charge < -0.3 is 20.1 Å². The molecule has 2 N–H and O–H groups in total. The van der Waals surface area contributed by atoms with Crippen molar-refractivity contribution < 1.29 is 9.47 Å². The van der Waals surface area contributed by atoms with Gasteiger partial charge in [0.1, 0.15) is 0 Å². The van der Waals surface area contributed by atoms with Crippen molar-refractivity contribution in [2.45, 2.75) is 26.8 Å². The third-order valence-electron chi connectivity index (χ3n) is 3.07. The van der Waals surface area contributed by atoms with Gasteiger partial charge in [-0.2, -0.15) is 0 Å². The molecule has 1 rings (SSSR count). The summed E-state index contributed by atoms with van der Waals surface area (Å²) < 4.78 is 10.7.